The molecule has 0 heterocycles. The summed E-state index contributed by atoms with van der Waals surface area (Å²) in [7, 11) is 1.96. The Hall–Kier alpha value is -1.02. The normalized spacial score (nSPS) is 13.5. The van der Waals surface area contributed by atoms with E-state index < -0.39 is 0 Å². The van der Waals surface area contributed by atoms with Crippen LogP contribution in [0.25, 0.3) is 0 Å². The molecule has 0 aliphatic rings. The third kappa shape index (κ3) is 4.78. The van der Waals surface area contributed by atoms with Gasteiger partial charge >= 0.3 is 0 Å². The van der Waals surface area contributed by atoms with Crippen molar-refractivity contribution in [2.45, 2.75) is 45.6 Å². The van der Waals surface area contributed by atoms with Crippen LogP contribution in [-0.4, -0.2) is 19.7 Å². The second kappa shape index (κ2) is 6.06. The van der Waals surface area contributed by atoms with E-state index in [0.29, 0.717) is 0 Å². The predicted molar refractivity (Wildman–Crippen MR) is 73.8 cm³/mol. The number of hydrogen-bond acceptors (Lipinski definition) is 2. The van der Waals surface area contributed by atoms with E-state index in [-0.39, 0.29) is 11.5 Å². The average molecular weight is 235 g/mol. The fourth-order valence-electron chi connectivity index (χ4n) is 1.67. The quantitative estimate of drug-likeness (QED) is 0.845. The molecular formula is C15H25NO. The number of ether oxygens (including phenoxy) is 1. The van der Waals surface area contributed by atoms with Gasteiger partial charge in [-0.3, -0.25) is 0 Å². The van der Waals surface area contributed by atoms with Gasteiger partial charge in [0, 0.05) is 0 Å². The van der Waals surface area contributed by atoms with E-state index in [1.54, 1.807) is 0 Å². The molecule has 17 heavy (non-hydrogen) atoms. The molecule has 1 unspecified atom stereocenters. The van der Waals surface area contributed by atoms with Crippen molar-refractivity contribution < 1.29 is 4.74 Å². The van der Waals surface area contributed by atoms with Gasteiger partial charge in [0.2, 0.25) is 0 Å². The third-order valence-corrected chi connectivity index (χ3v) is 2.86. The lowest BCUT2D eigenvalue weighted by Crippen LogP contribution is -2.19. The SMILES string of the molecule is CNCCC(C)Oc1ccc(C(C)(C)C)cc1. The van der Waals surface area contributed by atoms with Crippen molar-refractivity contribution in [3.8, 4) is 5.75 Å². The van der Waals surface area contributed by atoms with Gasteiger partial charge in [-0.2, -0.15) is 0 Å². The van der Waals surface area contributed by atoms with Crippen LogP contribution >= 0.6 is 0 Å². The van der Waals surface area contributed by atoms with Crippen molar-refractivity contribution in [2.24, 2.45) is 0 Å². The Morgan fingerprint density at radius 2 is 1.76 bits per heavy atom. The number of rotatable bonds is 5. The molecular weight excluding hydrogens is 210 g/mol. The zero-order chi connectivity index (χ0) is 12.9. The lowest BCUT2D eigenvalue weighted by atomic mass is 9.87. The molecule has 0 saturated heterocycles. The summed E-state index contributed by atoms with van der Waals surface area (Å²) in [6.45, 7) is 9.76. The van der Waals surface area contributed by atoms with Gasteiger partial charge in [-0.1, -0.05) is 32.9 Å². The Balaban J connectivity index is 2.56. The Bertz CT molecular complexity index is 324. The van der Waals surface area contributed by atoms with Crippen molar-refractivity contribution >= 4 is 0 Å². The minimum atomic E-state index is 0.205. The highest BCUT2D eigenvalue weighted by Gasteiger charge is 2.13. The summed E-state index contributed by atoms with van der Waals surface area (Å²) in [4.78, 5) is 0. The predicted octanol–water partition coefficient (Wildman–Crippen LogP) is 3.36. The van der Waals surface area contributed by atoms with Crippen molar-refractivity contribution in [1.29, 1.82) is 0 Å². The van der Waals surface area contributed by atoms with Crippen LogP contribution < -0.4 is 10.1 Å². The molecule has 1 aromatic carbocycles. The van der Waals surface area contributed by atoms with E-state index in [9.17, 15) is 0 Å². The topological polar surface area (TPSA) is 21.3 Å². The van der Waals surface area contributed by atoms with Gasteiger partial charge in [-0.25, -0.2) is 0 Å². The molecule has 0 amide bonds. The zero-order valence-corrected chi connectivity index (χ0v) is 11.7. The summed E-state index contributed by atoms with van der Waals surface area (Å²) >= 11 is 0. The molecule has 0 aliphatic heterocycles. The lowest BCUT2D eigenvalue weighted by Gasteiger charge is -2.20. The molecule has 2 heteroatoms. The molecule has 1 aromatic rings. The summed E-state index contributed by atoms with van der Waals surface area (Å²) in [6, 6.07) is 8.44. The molecule has 0 aliphatic carbocycles. The number of hydrogen-bond donors (Lipinski definition) is 1. The Labute approximate surface area is 105 Å². The van der Waals surface area contributed by atoms with Crippen LogP contribution in [0.15, 0.2) is 24.3 Å². The second-order valence-corrected chi connectivity index (χ2v) is 5.60. The molecule has 0 saturated carbocycles. The van der Waals surface area contributed by atoms with Gasteiger partial charge in [0.1, 0.15) is 5.75 Å². The van der Waals surface area contributed by atoms with E-state index in [4.69, 9.17) is 4.74 Å². The summed E-state index contributed by atoms with van der Waals surface area (Å²) < 4.78 is 5.84. The first-order valence-corrected chi connectivity index (χ1v) is 6.35. The molecule has 2 nitrogen and oxygen atoms in total. The molecule has 1 rings (SSSR count). The van der Waals surface area contributed by atoms with Crippen molar-refractivity contribution in [3.05, 3.63) is 29.8 Å². The molecule has 0 aromatic heterocycles. The van der Waals surface area contributed by atoms with Crippen LogP contribution in [-0.2, 0) is 5.41 Å². The molecule has 0 fully saturated rings. The van der Waals surface area contributed by atoms with Gasteiger partial charge in [-0.05, 0) is 50.0 Å². The van der Waals surface area contributed by atoms with E-state index in [1.165, 1.54) is 5.56 Å². The average Bonchev–Trinajstić information content (AvgIpc) is 2.26. The minimum absolute atomic E-state index is 0.205. The fraction of sp³-hybridized carbons (Fsp3) is 0.600. The Morgan fingerprint density at radius 1 is 1.18 bits per heavy atom. The second-order valence-electron chi connectivity index (χ2n) is 5.60. The van der Waals surface area contributed by atoms with Crippen LogP contribution in [0.2, 0.25) is 0 Å². The van der Waals surface area contributed by atoms with E-state index in [2.05, 4.69) is 57.3 Å². The lowest BCUT2D eigenvalue weighted by molar-refractivity contribution is 0.211. The van der Waals surface area contributed by atoms with Gasteiger partial charge in [0.05, 0.1) is 6.10 Å². The zero-order valence-electron chi connectivity index (χ0n) is 11.7. The monoisotopic (exact) mass is 235 g/mol. The van der Waals surface area contributed by atoms with Crippen molar-refractivity contribution in [2.75, 3.05) is 13.6 Å². The summed E-state index contributed by atoms with van der Waals surface area (Å²) in [5, 5.41) is 3.13. The minimum Gasteiger partial charge on any atom is -0.491 e. The first-order chi connectivity index (χ1) is 7.93. The molecule has 0 radical (unpaired) electrons. The summed E-state index contributed by atoms with van der Waals surface area (Å²) in [6.07, 6.45) is 1.28. The summed E-state index contributed by atoms with van der Waals surface area (Å²) in [5.41, 5.74) is 1.55. The molecule has 1 atom stereocenters. The standard InChI is InChI=1S/C15H25NO/c1-12(10-11-16-5)17-14-8-6-13(7-9-14)15(2,3)4/h6-9,12,16H,10-11H2,1-5H3. The first-order valence-electron chi connectivity index (χ1n) is 6.35. The van der Waals surface area contributed by atoms with Gasteiger partial charge in [0.15, 0.2) is 0 Å². The maximum atomic E-state index is 5.84. The molecule has 1 N–H and O–H groups in total. The Morgan fingerprint density at radius 3 is 2.24 bits per heavy atom. The van der Waals surface area contributed by atoms with Crippen LogP contribution in [0.3, 0.4) is 0 Å². The van der Waals surface area contributed by atoms with E-state index >= 15 is 0 Å². The summed E-state index contributed by atoms with van der Waals surface area (Å²) in [5.74, 6) is 0.960. The smallest absolute Gasteiger partial charge is 0.119 e. The van der Waals surface area contributed by atoms with Crippen LogP contribution in [0.4, 0.5) is 0 Å². The largest absolute Gasteiger partial charge is 0.491 e. The highest BCUT2D eigenvalue weighted by Crippen LogP contribution is 2.24. The number of nitrogens with one attached hydrogen (secondary N) is 1. The maximum Gasteiger partial charge on any atom is 0.119 e. The fourth-order valence-corrected chi connectivity index (χ4v) is 1.67. The van der Waals surface area contributed by atoms with Gasteiger partial charge < -0.3 is 10.1 Å². The Kier molecular flexibility index (Phi) is 5.01. The van der Waals surface area contributed by atoms with Crippen molar-refractivity contribution in [1.82, 2.24) is 5.32 Å². The highest BCUT2D eigenvalue weighted by molar-refractivity contribution is 5.31. The molecule has 0 spiro atoms. The first kappa shape index (κ1) is 14.0. The number of benzene rings is 1. The van der Waals surface area contributed by atoms with Crippen LogP contribution in [0.1, 0.15) is 39.7 Å². The molecule has 96 valence electrons. The molecule has 0 bridgehead atoms. The van der Waals surface area contributed by atoms with Crippen LogP contribution in [0.5, 0.6) is 5.75 Å². The highest BCUT2D eigenvalue weighted by atomic mass is 16.5. The van der Waals surface area contributed by atoms with Gasteiger partial charge in [-0.15, -0.1) is 0 Å². The van der Waals surface area contributed by atoms with E-state index in [0.717, 1.165) is 18.7 Å². The van der Waals surface area contributed by atoms with E-state index in [1.807, 2.05) is 7.05 Å². The van der Waals surface area contributed by atoms with Gasteiger partial charge in [0.25, 0.3) is 0 Å². The third-order valence-electron chi connectivity index (χ3n) is 2.86. The maximum absolute atomic E-state index is 5.84. The van der Waals surface area contributed by atoms with Crippen LogP contribution in [0, 0.1) is 0 Å². The van der Waals surface area contributed by atoms with Crippen molar-refractivity contribution in [3.63, 3.8) is 0 Å².